The Balaban J connectivity index is 1.84. The Hall–Kier alpha value is -2.96. The molecule has 3 rings (SSSR count). The highest BCUT2D eigenvalue weighted by atomic mass is 16.6. The van der Waals surface area contributed by atoms with Gasteiger partial charge in [0.05, 0.1) is 17.2 Å². The molecule has 3 aromatic rings. The number of pyridine rings is 2. The van der Waals surface area contributed by atoms with Crippen molar-refractivity contribution in [2.24, 2.45) is 0 Å². The molecule has 7 nitrogen and oxygen atoms in total. The fraction of sp³-hybridized carbons (Fsp3) is 0.143. The van der Waals surface area contributed by atoms with Crippen LogP contribution in [0.25, 0.3) is 5.65 Å². The number of aromatic nitrogens is 3. The largest absolute Gasteiger partial charge is 0.359 e. The van der Waals surface area contributed by atoms with E-state index < -0.39 is 4.92 Å². The number of anilines is 1. The van der Waals surface area contributed by atoms with Gasteiger partial charge in [-0.15, -0.1) is 0 Å². The van der Waals surface area contributed by atoms with Crippen LogP contribution in [0.2, 0.25) is 0 Å². The first-order valence-electron chi connectivity index (χ1n) is 6.41. The highest BCUT2D eigenvalue weighted by Gasteiger charge is 2.14. The lowest BCUT2D eigenvalue weighted by molar-refractivity contribution is -0.384. The zero-order valence-corrected chi connectivity index (χ0v) is 11.4. The fourth-order valence-electron chi connectivity index (χ4n) is 2.14. The molecule has 0 unspecified atom stereocenters. The van der Waals surface area contributed by atoms with Gasteiger partial charge in [0.25, 0.3) is 0 Å². The van der Waals surface area contributed by atoms with Gasteiger partial charge in [0, 0.05) is 24.7 Å². The van der Waals surface area contributed by atoms with Crippen molar-refractivity contribution < 1.29 is 4.92 Å². The SMILES string of the molecule is Cc1cccn2cc(CNc3ncccc3[N+](=O)[O-])nc12. The number of nitro groups is 1. The molecule has 21 heavy (non-hydrogen) atoms. The Bertz CT molecular complexity index is 812. The van der Waals surface area contributed by atoms with E-state index in [1.807, 2.05) is 35.9 Å². The lowest BCUT2D eigenvalue weighted by Crippen LogP contribution is -2.04. The highest BCUT2D eigenvalue weighted by molar-refractivity contribution is 5.55. The summed E-state index contributed by atoms with van der Waals surface area (Å²) in [5.74, 6) is 0.247. The number of rotatable bonds is 4. The predicted octanol–water partition coefficient (Wildman–Crippen LogP) is 2.56. The molecule has 0 aromatic carbocycles. The molecule has 0 aliphatic rings. The maximum Gasteiger partial charge on any atom is 0.311 e. The van der Waals surface area contributed by atoms with E-state index in [0.717, 1.165) is 16.9 Å². The zero-order valence-electron chi connectivity index (χ0n) is 11.4. The molecule has 0 saturated carbocycles. The Morgan fingerprint density at radius 3 is 3.00 bits per heavy atom. The maximum absolute atomic E-state index is 10.9. The molecule has 0 aliphatic carbocycles. The number of fused-ring (bicyclic) bond motifs is 1. The van der Waals surface area contributed by atoms with Crippen LogP contribution < -0.4 is 5.32 Å². The molecule has 0 spiro atoms. The average Bonchev–Trinajstić information content (AvgIpc) is 2.90. The van der Waals surface area contributed by atoms with Crippen molar-refractivity contribution in [1.82, 2.24) is 14.4 Å². The fourth-order valence-corrected chi connectivity index (χ4v) is 2.14. The third-order valence-corrected chi connectivity index (χ3v) is 3.15. The Labute approximate surface area is 120 Å². The first-order chi connectivity index (χ1) is 10.1. The summed E-state index contributed by atoms with van der Waals surface area (Å²) in [6.07, 6.45) is 5.33. The van der Waals surface area contributed by atoms with Crippen molar-refractivity contribution in [2.75, 3.05) is 5.32 Å². The average molecular weight is 283 g/mol. The van der Waals surface area contributed by atoms with E-state index in [1.54, 1.807) is 0 Å². The molecule has 7 heteroatoms. The van der Waals surface area contributed by atoms with Crippen LogP contribution in [0.15, 0.2) is 42.9 Å². The molecule has 0 amide bonds. The Morgan fingerprint density at radius 1 is 1.38 bits per heavy atom. The minimum atomic E-state index is -0.455. The molecular weight excluding hydrogens is 270 g/mol. The molecule has 0 fully saturated rings. The van der Waals surface area contributed by atoms with Crippen LogP contribution >= 0.6 is 0 Å². The summed E-state index contributed by atoms with van der Waals surface area (Å²) in [5.41, 5.74) is 2.71. The van der Waals surface area contributed by atoms with E-state index in [4.69, 9.17) is 0 Å². The molecule has 106 valence electrons. The van der Waals surface area contributed by atoms with Crippen LogP contribution in [-0.4, -0.2) is 19.3 Å². The van der Waals surface area contributed by atoms with Gasteiger partial charge in [-0.2, -0.15) is 0 Å². The minimum absolute atomic E-state index is 0.0440. The van der Waals surface area contributed by atoms with E-state index in [0.29, 0.717) is 6.54 Å². The van der Waals surface area contributed by atoms with Crippen LogP contribution in [0.1, 0.15) is 11.3 Å². The van der Waals surface area contributed by atoms with Gasteiger partial charge in [-0.05, 0) is 24.6 Å². The van der Waals surface area contributed by atoms with E-state index in [-0.39, 0.29) is 11.5 Å². The van der Waals surface area contributed by atoms with E-state index in [9.17, 15) is 10.1 Å². The second-order valence-electron chi connectivity index (χ2n) is 4.64. The van der Waals surface area contributed by atoms with Gasteiger partial charge in [0.1, 0.15) is 5.65 Å². The zero-order chi connectivity index (χ0) is 14.8. The molecule has 0 atom stereocenters. The van der Waals surface area contributed by atoms with Crippen LogP contribution in [0.4, 0.5) is 11.5 Å². The second kappa shape index (κ2) is 5.20. The van der Waals surface area contributed by atoms with Gasteiger partial charge >= 0.3 is 5.69 Å². The van der Waals surface area contributed by atoms with Crippen LogP contribution in [0.5, 0.6) is 0 Å². The standard InChI is InChI=1S/C14H13N5O2/c1-10-4-3-7-18-9-11(17-14(10)18)8-16-13-12(19(20)21)5-2-6-15-13/h2-7,9H,8H2,1H3,(H,15,16). The van der Waals surface area contributed by atoms with Crippen molar-refractivity contribution in [3.05, 3.63) is 64.2 Å². The molecule has 0 saturated heterocycles. The summed E-state index contributed by atoms with van der Waals surface area (Å²) < 4.78 is 1.93. The van der Waals surface area contributed by atoms with Gasteiger partial charge in [-0.1, -0.05) is 6.07 Å². The van der Waals surface area contributed by atoms with Gasteiger partial charge in [0.2, 0.25) is 5.82 Å². The second-order valence-corrected chi connectivity index (χ2v) is 4.64. The highest BCUT2D eigenvalue weighted by Crippen LogP contribution is 2.21. The number of hydrogen-bond acceptors (Lipinski definition) is 5. The van der Waals surface area contributed by atoms with Crippen molar-refractivity contribution in [1.29, 1.82) is 0 Å². The first-order valence-corrected chi connectivity index (χ1v) is 6.41. The van der Waals surface area contributed by atoms with Crippen molar-refractivity contribution in [2.45, 2.75) is 13.5 Å². The minimum Gasteiger partial charge on any atom is -0.359 e. The Morgan fingerprint density at radius 2 is 2.24 bits per heavy atom. The van der Waals surface area contributed by atoms with Crippen molar-refractivity contribution >= 4 is 17.2 Å². The summed E-state index contributed by atoms with van der Waals surface area (Å²) >= 11 is 0. The molecule has 0 radical (unpaired) electrons. The molecule has 0 aliphatic heterocycles. The number of hydrogen-bond donors (Lipinski definition) is 1. The van der Waals surface area contributed by atoms with E-state index in [1.165, 1.54) is 18.3 Å². The molecule has 0 bridgehead atoms. The lowest BCUT2D eigenvalue weighted by Gasteiger charge is -2.03. The number of aryl methyl sites for hydroxylation is 1. The number of imidazole rings is 1. The number of nitrogens with zero attached hydrogens (tertiary/aromatic N) is 4. The summed E-state index contributed by atoms with van der Waals surface area (Å²) in [7, 11) is 0. The van der Waals surface area contributed by atoms with Crippen LogP contribution in [-0.2, 0) is 6.54 Å². The molecule has 1 N–H and O–H groups in total. The molecular formula is C14H13N5O2. The van der Waals surface area contributed by atoms with E-state index >= 15 is 0 Å². The smallest absolute Gasteiger partial charge is 0.311 e. The monoisotopic (exact) mass is 283 g/mol. The van der Waals surface area contributed by atoms with Crippen LogP contribution in [0.3, 0.4) is 0 Å². The van der Waals surface area contributed by atoms with Gasteiger partial charge in [0.15, 0.2) is 0 Å². The summed E-state index contributed by atoms with van der Waals surface area (Å²) in [5, 5.41) is 13.9. The van der Waals surface area contributed by atoms with Gasteiger partial charge in [-0.25, -0.2) is 9.97 Å². The lowest BCUT2D eigenvalue weighted by atomic mass is 10.3. The quantitative estimate of drug-likeness (QED) is 0.587. The molecule has 3 heterocycles. The van der Waals surface area contributed by atoms with E-state index in [2.05, 4.69) is 15.3 Å². The Kier molecular flexibility index (Phi) is 3.23. The number of nitrogens with one attached hydrogen (secondary N) is 1. The van der Waals surface area contributed by atoms with Crippen molar-refractivity contribution in [3.8, 4) is 0 Å². The van der Waals surface area contributed by atoms with Crippen molar-refractivity contribution in [3.63, 3.8) is 0 Å². The van der Waals surface area contributed by atoms with Crippen LogP contribution in [0, 0.1) is 17.0 Å². The normalized spacial score (nSPS) is 10.7. The first kappa shape index (κ1) is 13.0. The third kappa shape index (κ3) is 2.53. The summed E-state index contributed by atoms with van der Waals surface area (Å²) in [6.45, 7) is 2.36. The summed E-state index contributed by atoms with van der Waals surface area (Å²) in [6, 6.07) is 6.90. The predicted molar refractivity (Wildman–Crippen MR) is 78.1 cm³/mol. The van der Waals surface area contributed by atoms with Gasteiger partial charge in [-0.3, -0.25) is 10.1 Å². The maximum atomic E-state index is 10.9. The summed E-state index contributed by atoms with van der Waals surface area (Å²) in [4.78, 5) is 19.0. The topological polar surface area (TPSA) is 85.4 Å². The third-order valence-electron chi connectivity index (χ3n) is 3.15. The molecule has 3 aromatic heterocycles. The van der Waals surface area contributed by atoms with Gasteiger partial charge < -0.3 is 9.72 Å².